The van der Waals surface area contributed by atoms with E-state index in [1.807, 2.05) is 4.90 Å². The molecule has 4 heterocycles. The number of fused-ring (bicyclic) bond motifs is 2. The Hall–Kier alpha value is -3.19. The van der Waals surface area contributed by atoms with Crippen LogP contribution in [-0.4, -0.2) is 62.0 Å². The third kappa shape index (κ3) is 4.01. The van der Waals surface area contributed by atoms with E-state index in [1.54, 1.807) is 5.56 Å². The Morgan fingerprint density at radius 1 is 1.11 bits per heavy atom. The number of aromatic nitrogens is 2. The van der Waals surface area contributed by atoms with Gasteiger partial charge in [-0.15, -0.1) is 0 Å². The molecule has 35 heavy (non-hydrogen) atoms. The number of carboxylic acids is 1. The summed E-state index contributed by atoms with van der Waals surface area (Å²) in [7, 11) is 0. The van der Waals surface area contributed by atoms with Crippen LogP contribution in [0.15, 0.2) is 36.7 Å². The van der Waals surface area contributed by atoms with E-state index in [0.29, 0.717) is 30.1 Å². The number of likely N-dealkylation sites (tertiary alicyclic amines) is 1. The fraction of sp³-hybridized carbons (Fsp3) is 0.464. The first-order chi connectivity index (χ1) is 17.0. The van der Waals surface area contributed by atoms with E-state index in [-0.39, 0.29) is 17.5 Å². The lowest BCUT2D eigenvalue weighted by Crippen LogP contribution is -2.50. The molecule has 2 fully saturated rings. The lowest BCUT2D eigenvalue weighted by atomic mass is 9.95. The minimum Gasteiger partial charge on any atom is -0.478 e. The summed E-state index contributed by atoms with van der Waals surface area (Å²) >= 11 is 0. The van der Waals surface area contributed by atoms with Crippen molar-refractivity contribution in [2.45, 2.75) is 64.1 Å². The summed E-state index contributed by atoms with van der Waals surface area (Å²) in [6.07, 6.45) is 8.73. The summed E-state index contributed by atoms with van der Waals surface area (Å²) in [6, 6.07) is 8.62. The zero-order valence-electron chi connectivity index (χ0n) is 20.2. The SMILES string of the molecule is CCn1ccc2c(C3CC3)c(CN3CCC(N4CCc5ncc(C(=O)O)cc5C4=O)CC3)ccc21. The molecule has 2 aliphatic heterocycles. The highest BCUT2D eigenvalue weighted by molar-refractivity contribution is 5.99. The van der Waals surface area contributed by atoms with Crippen LogP contribution in [-0.2, 0) is 19.5 Å². The van der Waals surface area contributed by atoms with Gasteiger partial charge in [0.15, 0.2) is 0 Å². The molecule has 0 atom stereocenters. The Kier molecular flexibility index (Phi) is 5.60. The fourth-order valence-electron chi connectivity index (χ4n) is 6.06. The molecule has 1 saturated carbocycles. The molecule has 1 aliphatic carbocycles. The molecule has 1 aromatic carbocycles. The van der Waals surface area contributed by atoms with Crippen molar-refractivity contribution < 1.29 is 14.7 Å². The Bertz CT molecular complexity index is 1300. The molecule has 2 aromatic heterocycles. The summed E-state index contributed by atoms with van der Waals surface area (Å²) in [4.78, 5) is 33.3. The first kappa shape index (κ1) is 22.3. The van der Waals surface area contributed by atoms with Crippen molar-refractivity contribution in [2.75, 3.05) is 19.6 Å². The van der Waals surface area contributed by atoms with Gasteiger partial charge in [0.05, 0.1) is 16.8 Å². The number of piperidine rings is 1. The number of aromatic carboxylic acids is 1. The monoisotopic (exact) mass is 472 g/mol. The third-order valence-electron chi connectivity index (χ3n) is 8.10. The third-order valence-corrected chi connectivity index (χ3v) is 8.10. The minimum atomic E-state index is -1.05. The van der Waals surface area contributed by atoms with Crippen molar-refractivity contribution in [1.82, 2.24) is 19.4 Å². The van der Waals surface area contributed by atoms with Crippen molar-refractivity contribution in [3.63, 3.8) is 0 Å². The number of nitrogens with zero attached hydrogens (tertiary/aromatic N) is 4. The molecule has 7 nitrogen and oxygen atoms in total. The van der Waals surface area contributed by atoms with Gasteiger partial charge in [-0.05, 0) is 67.9 Å². The van der Waals surface area contributed by atoms with Crippen LogP contribution in [0.4, 0.5) is 0 Å². The molecule has 0 radical (unpaired) electrons. The van der Waals surface area contributed by atoms with E-state index in [2.05, 4.69) is 45.8 Å². The molecule has 0 unspecified atom stereocenters. The topological polar surface area (TPSA) is 78.7 Å². The second-order valence-corrected chi connectivity index (χ2v) is 10.2. The summed E-state index contributed by atoms with van der Waals surface area (Å²) in [5.74, 6) is -0.412. The number of hydrogen-bond donors (Lipinski definition) is 1. The molecule has 1 amide bonds. The van der Waals surface area contributed by atoms with Crippen LogP contribution in [0.5, 0.6) is 0 Å². The number of benzene rings is 1. The number of rotatable bonds is 6. The van der Waals surface area contributed by atoms with E-state index in [4.69, 9.17) is 0 Å². The van der Waals surface area contributed by atoms with Gasteiger partial charge in [0, 0.05) is 68.5 Å². The smallest absolute Gasteiger partial charge is 0.337 e. The van der Waals surface area contributed by atoms with E-state index >= 15 is 0 Å². The predicted octanol–water partition coefficient (Wildman–Crippen LogP) is 4.29. The van der Waals surface area contributed by atoms with Gasteiger partial charge in [-0.1, -0.05) is 6.07 Å². The summed E-state index contributed by atoms with van der Waals surface area (Å²) in [5, 5.41) is 10.7. The molecular formula is C28H32N4O3. The normalized spacial score (nSPS) is 19.3. The fourth-order valence-corrected chi connectivity index (χ4v) is 6.06. The zero-order chi connectivity index (χ0) is 24.1. The highest BCUT2D eigenvalue weighted by Crippen LogP contribution is 2.45. The van der Waals surface area contributed by atoms with Gasteiger partial charge in [0.25, 0.3) is 5.91 Å². The van der Waals surface area contributed by atoms with E-state index < -0.39 is 5.97 Å². The zero-order valence-corrected chi connectivity index (χ0v) is 20.2. The molecular weight excluding hydrogens is 440 g/mol. The number of carbonyl (C=O) groups excluding carboxylic acids is 1. The highest BCUT2D eigenvalue weighted by atomic mass is 16.4. The molecule has 3 aromatic rings. The number of carboxylic acid groups (broad SMARTS) is 1. The maximum absolute atomic E-state index is 13.2. The van der Waals surface area contributed by atoms with Gasteiger partial charge < -0.3 is 14.6 Å². The van der Waals surface area contributed by atoms with Crippen molar-refractivity contribution in [1.29, 1.82) is 0 Å². The van der Waals surface area contributed by atoms with Crippen molar-refractivity contribution in [3.8, 4) is 0 Å². The van der Waals surface area contributed by atoms with Gasteiger partial charge in [-0.25, -0.2) is 4.79 Å². The van der Waals surface area contributed by atoms with Crippen LogP contribution in [0.3, 0.4) is 0 Å². The summed E-state index contributed by atoms with van der Waals surface area (Å²) in [6.45, 7) is 6.75. The van der Waals surface area contributed by atoms with E-state index in [0.717, 1.165) is 39.0 Å². The van der Waals surface area contributed by atoms with Crippen molar-refractivity contribution in [2.24, 2.45) is 0 Å². The Balaban J connectivity index is 1.15. The lowest BCUT2D eigenvalue weighted by molar-refractivity contribution is 0.0543. The first-order valence-electron chi connectivity index (χ1n) is 12.9. The molecule has 6 rings (SSSR count). The molecule has 182 valence electrons. The standard InChI is InChI=1S/C28H32N4O3/c1-2-31-13-9-22-25(31)6-5-19(26(22)18-3-4-18)17-30-11-7-21(8-12-30)32-14-10-24-23(27(32)33)15-20(16-29-24)28(34)35/h5-6,9,13,15-16,18,21H,2-4,7-8,10-12,14,17H2,1H3,(H,34,35). The van der Waals surface area contributed by atoms with Crippen LogP contribution in [0.25, 0.3) is 10.9 Å². The summed E-state index contributed by atoms with van der Waals surface area (Å²) in [5.41, 5.74) is 5.62. The average molecular weight is 473 g/mol. The quantitative estimate of drug-likeness (QED) is 0.579. The van der Waals surface area contributed by atoms with Gasteiger partial charge >= 0.3 is 5.97 Å². The number of pyridine rings is 1. The molecule has 0 bridgehead atoms. The van der Waals surface area contributed by atoms with Crippen molar-refractivity contribution >= 4 is 22.8 Å². The predicted molar refractivity (Wildman–Crippen MR) is 134 cm³/mol. The number of amides is 1. The molecule has 0 spiro atoms. The summed E-state index contributed by atoms with van der Waals surface area (Å²) < 4.78 is 2.33. The van der Waals surface area contributed by atoms with Gasteiger partial charge in [-0.2, -0.15) is 0 Å². The number of carbonyl (C=O) groups is 2. The highest BCUT2D eigenvalue weighted by Gasteiger charge is 2.34. The maximum Gasteiger partial charge on any atom is 0.337 e. The Morgan fingerprint density at radius 3 is 2.63 bits per heavy atom. The second-order valence-electron chi connectivity index (χ2n) is 10.2. The Labute approximate surface area is 205 Å². The number of aryl methyl sites for hydroxylation is 1. The van der Waals surface area contributed by atoms with Crippen LogP contribution >= 0.6 is 0 Å². The lowest BCUT2D eigenvalue weighted by Gasteiger charge is -2.40. The van der Waals surface area contributed by atoms with E-state index in [9.17, 15) is 14.7 Å². The van der Waals surface area contributed by atoms with E-state index in [1.165, 1.54) is 41.6 Å². The van der Waals surface area contributed by atoms with Crippen LogP contribution in [0.2, 0.25) is 0 Å². The maximum atomic E-state index is 13.2. The van der Waals surface area contributed by atoms with Gasteiger partial charge in [0.2, 0.25) is 0 Å². The van der Waals surface area contributed by atoms with Crippen molar-refractivity contribution in [3.05, 3.63) is 64.6 Å². The minimum absolute atomic E-state index is 0.0674. The first-order valence-corrected chi connectivity index (χ1v) is 12.9. The van der Waals surface area contributed by atoms with Crippen LogP contribution < -0.4 is 0 Å². The molecule has 3 aliphatic rings. The molecule has 1 saturated heterocycles. The van der Waals surface area contributed by atoms with Gasteiger partial charge in [-0.3, -0.25) is 14.7 Å². The largest absolute Gasteiger partial charge is 0.478 e. The van der Waals surface area contributed by atoms with Gasteiger partial charge in [0.1, 0.15) is 0 Å². The molecule has 1 N–H and O–H groups in total. The average Bonchev–Trinajstić information content (AvgIpc) is 3.63. The second kappa shape index (κ2) is 8.79. The number of hydrogen-bond acceptors (Lipinski definition) is 4. The van der Waals surface area contributed by atoms with Crippen LogP contribution in [0, 0.1) is 0 Å². The Morgan fingerprint density at radius 2 is 1.91 bits per heavy atom. The molecule has 7 heteroatoms. The van der Waals surface area contributed by atoms with Crippen LogP contribution in [0.1, 0.15) is 76.1 Å².